The van der Waals surface area contributed by atoms with Crippen molar-refractivity contribution in [3.8, 4) is 0 Å². The summed E-state index contributed by atoms with van der Waals surface area (Å²) >= 11 is 3.78. The molecule has 0 unspecified atom stereocenters. The fourth-order valence-corrected chi connectivity index (χ4v) is 8.78. The Hall–Kier alpha value is -3.80. The second-order valence-electron chi connectivity index (χ2n) is 11.0. The predicted octanol–water partition coefficient (Wildman–Crippen LogP) is 9.44. The Labute approximate surface area is 256 Å². The molecule has 210 valence electrons. The van der Waals surface area contributed by atoms with Crippen LogP contribution < -0.4 is 9.47 Å². The molecule has 0 saturated carbocycles. The van der Waals surface area contributed by atoms with Gasteiger partial charge in [0.05, 0.1) is 10.7 Å². The Morgan fingerprint density at radius 1 is 0.833 bits per heavy atom. The van der Waals surface area contributed by atoms with E-state index in [1.807, 2.05) is 23.1 Å². The number of thiazole rings is 1. The van der Waals surface area contributed by atoms with E-state index in [1.165, 1.54) is 69.2 Å². The lowest BCUT2D eigenvalue weighted by Gasteiger charge is -2.25. The summed E-state index contributed by atoms with van der Waals surface area (Å²) in [6.07, 6.45) is 11.6. The summed E-state index contributed by atoms with van der Waals surface area (Å²) in [4.78, 5) is 6.23. The van der Waals surface area contributed by atoms with Gasteiger partial charge >= 0.3 is 0 Å². The first-order valence-electron chi connectivity index (χ1n) is 14.9. The molecule has 0 amide bonds. The third kappa shape index (κ3) is 4.56. The number of anilines is 1. The van der Waals surface area contributed by atoms with Gasteiger partial charge in [0.2, 0.25) is 5.52 Å². The maximum absolute atomic E-state index is 2.53. The fraction of sp³-hybridized carbons (Fsp3) is 0.216. The third-order valence-electron chi connectivity index (χ3n) is 8.72. The minimum atomic E-state index is 1.01. The molecule has 2 aliphatic rings. The molecule has 3 nitrogen and oxygen atoms in total. The molecular weight excluding hydrogens is 551 g/mol. The smallest absolute Gasteiger partial charge is 0.262 e. The first-order chi connectivity index (χ1) is 20.6. The number of aryl methyl sites for hydroxylation is 1. The number of aromatic nitrogens is 1. The molecule has 0 bridgehead atoms. The van der Waals surface area contributed by atoms with Crippen molar-refractivity contribution in [1.82, 2.24) is 4.90 Å². The number of rotatable bonds is 6. The van der Waals surface area contributed by atoms with E-state index in [0.717, 1.165) is 25.9 Å². The molecule has 0 fully saturated rings. The van der Waals surface area contributed by atoms with E-state index in [0.29, 0.717) is 0 Å². The van der Waals surface area contributed by atoms with Gasteiger partial charge in [0.25, 0.3) is 5.01 Å². The largest absolute Gasteiger partial charge is 0.372 e. The number of allylic oxidation sites excluding steroid dienone is 5. The first-order valence-corrected chi connectivity index (χ1v) is 16.5. The number of likely N-dealkylation sites (N-methyl/N-ethyl adjacent to an activating group) is 1. The summed E-state index contributed by atoms with van der Waals surface area (Å²) in [5, 5.41) is 7.83. The SMILES string of the molecule is CCN(CC)C1=C(/C=C/c2sc3c4ccccc4ccc3[n+]2C)CCC1=C/C=C1\Sc2c(ccc3ccccc23)N1C. The average molecular weight is 587 g/mol. The molecule has 0 radical (unpaired) electrons. The van der Waals surface area contributed by atoms with Gasteiger partial charge in [0.1, 0.15) is 11.7 Å². The maximum atomic E-state index is 2.53. The predicted molar refractivity (Wildman–Crippen MR) is 183 cm³/mol. The average Bonchev–Trinajstić information content (AvgIpc) is 3.69. The van der Waals surface area contributed by atoms with Crippen LogP contribution in [0.4, 0.5) is 5.69 Å². The Morgan fingerprint density at radius 3 is 2.33 bits per heavy atom. The molecule has 1 aromatic heterocycles. The summed E-state index contributed by atoms with van der Waals surface area (Å²) in [5.74, 6) is 0. The summed E-state index contributed by atoms with van der Waals surface area (Å²) in [7, 11) is 4.38. The lowest BCUT2D eigenvalue weighted by Crippen LogP contribution is -2.28. The van der Waals surface area contributed by atoms with Crippen LogP contribution in [-0.2, 0) is 7.05 Å². The Balaban J connectivity index is 1.23. The molecule has 0 spiro atoms. The van der Waals surface area contributed by atoms with Crippen molar-refractivity contribution in [2.24, 2.45) is 7.05 Å². The molecule has 1 aliphatic carbocycles. The zero-order chi connectivity index (χ0) is 28.8. The first kappa shape index (κ1) is 27.1. The highest BCUT2D eigenvalue weighted by molar-refractivity contribution is 8.04. The minimum absolute atomic E-state index is 1.01. The van der Waals surface area contributed by atoms with Crippen molar-refractivity contribution in [1.29, 1.82) is 0 Å². The summed E-state index contributed by atoms with van der Waals surface area (Å²) in [6.45, 7) is 6.55. The van der Waals surface area contributed by atoms with Gasteiger partial charge in [-0.15, -0.1) is 0 Å². The van der Waals surface area contributed by atoms with Gasteiger partial charge in [-0.1, -0.05) is 83.8 Å². The molecule has 2 heterocycles. The number of hydrogen-bond acceptors (Lipinski definition) is 4. The van der Waals surface area contributed by atoms with E-state index < -0.39 is 0 Å². The van der Waals surface area contributed by atoms with Crippen LogP contribution in [-0.4, -0.2) is 25.0 Å². The standard InChI is InChI=1S/C37H36N3S2/c1-5-40(6-2)35-27(19-23-33-38(3)31-21-17-25-11-7-9-13-29(25)36(31)41-33)15-16-28(35)20-24-34-39(4)32-22-18-26-12-8-10-14-30(26)37(32)42-34/h7-14,17-24H,5-6,15-16H2,1-4H3/q+1. The number of nitrogens with zero attached hydrogens (tertiary/aromatic N) is 3. The summed E-state index contributed by atoms with van der Waals surface area (Å²) in [5.41, 5.74) is 6.87. The van der Waals surface area contributed by atoms with Gasteiger partial charge in [-0.05, 0) is 78.3 Å². The molecule has 4 aromatic carbocycles. The number of thioether (sulfide) groups is 1. The molecular formula is C37H36N3S2+. The highest BCUT2D eigenvalue weighted by Gasteiger charge is 2.26. The molecule has 0 N–H and O–H groups in total. The van der Waals surface area contributed by atoms with Crippen molar-refractivity contribution < 1.29 is 4.57 Å². The fourth-order valence-electron chi connectivity index (χ4n) is 6.41. The molecule has 1 aliphatic heterocycles. The van der Waals surface area contributed by atoms with E-state index in [-0.39, 0.29) is 0 Å². The lowest BCUT2D eigenvalue weighted by atomic mass is 10.1. The van der Waals surface area contributed by atoms with E-state index in [4.69, 9.17) is 0 Å². The highest BCUT2D eigenvalue weighted by Crippen LogP contribution is 2.49. The van der Waals surface area contributed by atoms with Crippen LogP contribution >= 0.6 is 23.1 Å². The summed E-state index contributed by atoms with van der Waals surface area (Å²) in [6, 6.07) is 26.4. The number of fused-ring (bicyclic) bond motifs is 6. The van der Waals surface area contributed by atoms with Crippen LogP contribution in [0.3, 0.4) is 0 Å². The van der Waals surface area contributed by atoms with E-state index in [1.54, 1.807) is 0 Å². The van der Waals surface area contributed by atoms with Gasteiger partial charge in [0, 0.05) is 48.3 Å². The Kier molecular flexibility index (Phi) is 7.17. The van der Waals surface area contributed by atoms with E-state index >= 15 is 0 Å². The molecule has 42 heavy (non-hydrogen) atoms. The molecule has 5 heteroatoms. The zero-order valence-electron chi connectivity index (χ0n) is 24.7. The van der Waals surface area contributed by atoms with Gasteiger partial charge in [0.15, 0.2) is 0 Å². The minimum Gasteiger partial charge on any atom is -0.372 e. The van der Waals surface area contributed by atoms with Crippen molar-refractivity contribution in [3.63, 3.8) is 0 Å². The van der Waals surface area contributed by atoms with E-state index in [2.05, 4.69) is 139 Å². The van der Waals surface area contributed by atoms with Gasteiger partial charge in [-0.2, -0.15) is 4.57 Å². The van der Waals surface area contributed by atoms with Crippen LogP contribution in [0.15, 0.2) is 118 Å². The van der Waals surface area contributed by atoms with Crippen LogP contribution in [0, 0.1) is 0 Å². The van der Waals surface area contributed by atoms with Gasteiger partial charge in [-0.3, -0.25) is 0 Å². The van der Waals surface area contributed by atoms with Crippen molar-refractivity contribution in [3.05, 3.63) is 118 Å². The second-order valence-corrected chi connectivity index (χ2v) is 13.1. The maximum Gasteiger partial charge on any atom is 0.262 e. The highest BCUT2D eigenvalue weighted by atomic mass is 32.2. The van der Waals surface area contributed by atoms with Crippen LogP contribution in [0.25, 0.3) is 37.8 Å². The quantitative estimate of drug-likeness (QED) is 0.184. The lowest BCUT2D eigenvalue weighted by molar-refractivity contribution is -0.642. The topological polar surface area (TPSA) is 10.4 Å². The Morgan fingerprint density at radius 2 is 1.55 bits per heavy atom. The normalized spacial score (nSPS) is 17.3. The second kappa shape index (κ2) is 11.1. The van der Waals surface area contributed by atoms with Gasteiger partial charge < -0.3 is 9.80 Å². The van der Waals surface area contributed by atoms with Gasteiger partial charge in [-0.25, -0.2) is 0 Å². The molecule has 0 saturated heterocycles. The van der Waals surface area contributed by atoms with Crippen LogP contribution in [0.2, 0.25) is 0 Å². The Bertz CT molecular complexity index is 1970. The van der Waals surface area contributed by atoms with E-state index in [9.17, 15) is 0 Å². The number of hydrogen-bond donors (Lipinski definition) is 0. The molecule has 0 atom stereocenters. The molecule has 5 aromatic rings. The van der Waals surface area contributed by atoms with Crippen molar-refractivity contribution in [2.75, 3.05) is 25.0 Å². The third-order valence-corrected chi connectivity index (χ3v) is 11.2. The zero-order valence-corrected chi connectivity index (χ0v) is 26.4. The monoisotopic (exact) mass is 586 g/mol. The number of benzene rings is 4. The van der Waals surface area contributed by atoms with Crippen LogP contribution in [0.5, 0.6) is 0 Å². The van der Waals surface area contributed by atoms with Crippen molar-refractivity contribution >= 4 is 66.6 Å². The summed E-state index contributed by atoms with van der Waals surface area (Å²) < 4.78 is 3.70. The molecule has 7 rings (SSSR count). The van der Waals surface area contributed by atoms with Crippen molar-refractivity contribution in [2.45, 2.75) is 31.6 Å². The van der Waals surface area contributed by atoms with Crippen LogP contribution in [0.1, 0.15) is 31.7 Å².